The molecule has 0 amide bonds. The molecular formula is C14H29NO. The van der Waals surface area contributed by atoms with Gasteiger partial charge in [-0.2, -0.15) is 0 Å². The lowest BCUT2D eigenvalue weighted by molar-refractivity contribution is 0.141. The van der Waals surface area contributed by atoms with Crippen molar-refractivity contribution in [2.75, 3.05) is 19.8 Å². The zero-order chi connectivity index (χ0) is 11.6. The molecule has 1 fully saturated rings. The van der Waals surface area contributed by atoms with Crippen LogP contribution in [-0.2, 0) is 4.74 Å². The largest absolute Gasteiger partial charge is 0.382 e. The van der Waals surface area contributed by atoms with Crippen molar-refractivity contribution in [3.63, 3.8) is 0 Å². The minimum Gasteiger partial charge on any atom is -0.382 e. The molecule has 1 aliphatic carbocycles. The van der Waals surface area contributed by atoms with Crippen LogP contribution < -0.4 is 5.32 Å². The molecule has 1 aliphatic rings. The predicted octanol–water partition coefficient (Wildman–Crippen LogP) is 3.36. The first-order valence-corrected chi connectivity index (χ1v) is 7.19. The molecule has 0 spiro atoms. The third kappa shape index (κ3) is 5.31. The third-order valence-electron chi connectivity index (χ3n) is 3.69. The zero-order valence-corrected chi connectivity index (χ0v) is 11.1. The Kier molecular flexibility index (Phi) is 7.87. The van der Waals surface area contributed by atoms with E-state index >= 15 is 0 Å². The summed E-state index contributed by atoms with van der Waals surface area (Å²) < 4.78 is 5.38. The summed E-state index contributed by atoms with van der Waals surface area (Å²) in [7, 11) is 0. The molecule has 0 bridgehead atoms. The van der Waals surface area contributed by atoms with E-state index in [1.54, 1.807) is 0 Å². The van der Waals surface area contributed by atoms with Gasteiger partial charge in [-0.3, -0.25) is 0 Å². The average molecular weight is 227 g/mol. The Morgan fingerprint density at radius 2 is 1.94 bits per heavy atom. The molecule has 1 unspecified atom stereocenters. The molecule has 1 rings (SSSR count). The SMILES string of the molecule is CCNC(CCCCOCC)C1CCCC1. The highest BCUT2D eigenvalue weighted by Crippen LogP contribution is 2.29. The van der Waals surface area contributed by atoms with Gasteiger partial charge < -0.3 is 10.1 Å². The second-order valence-electron chi connectivity index (χ2n) is 4.90. The second-order valence-corrected chi connectivity index (χ2v) is 4.90. The lowest BCUT2D eigenvalue weighted by atomic mass is 9.93. The summed E-state index contributed by atoms with van der Waals surface area (Å²) >= 11 is 0. The Balaban J connectivity index is 2.12. The van der Waals surface area contributed by atoms with E-state index in [4.69, 9.17) is 4.74 Å². The van der Waals surface area contributed by atoms with Gasteiger partial charge in [-0.1, -0.05) is 19.8 Å². The first-order valence-electron chi connectivity index (χ1n) is 7.19. The van der Waals surface area contributed by atoms with Crippen molar-refractivity contribution in [2.24, 2.45) is 5.92 Å². The minimum absolute atomic E-state index is 0.772. The van der Waals surface area contributed by atoms with E-state index in [0.717, 1.165) is 31.7 Å². The van der Waals surface area contributed by atoms with Gasteiger partial charge in [0.05, 0.1) is 0 Å². The van der Waals surface area contributed by atoms with E-state index in [2.05, 4.69) is 19.2 Å². The highest BCUT2D eigenvalue weighted by molar-refractivity contribution is 4.80. The fourth-order valence-corrected chi connectivity index (χ4v) is 2.84. The third-order valence-corrected chi connectivity index (χ3v) is 3.69. The lowest BCUT2D eigenvalue weighted by Crippen LogP contribution is -2.35. The van der Waals surface area contributed by atoms with Crippen LogP contribution in [0.5, 0.6) is 0 Å². The van der Waals surface area contributed by atoms with Gasteiger partial charge in [0.1, 0.15) is 0 Å². The number of unbranched alkanes of at least 4 members (excludes halogenated alkanes) is 1. The van der Waals surface area contributed by atoms with E-state index < -0.39 is 0 Å². The predicted molar refractivity (Wildman–Crippen MR) is 69.8 cm³/mol. The summed E-state index contributed by atoms with van der Waals surface area (Å²) in [6.07, 6.45) is 9.67. The van der Waals surface area contributed by atoms with E-state index in [1.807, 2.05) is 0 Å². The monoisotopic (exact) mass is 227 g/mol. The molecular weight excluding hydrogens is 198 g/mol. The molecule has 0 aliphatic heterocycles. The maximum atomic E-state index is 5.38. The van der Waals surface area contributed by atoms with Crippen molar-refractivity contribution in [1.29, 1.82) is 0 Å². The fraction of sp³-hybridized carbons (Fsp3) is 1.00. The molecule has 0 aromatic heterocycles. The standard InChI is InChI=1S/C14H29NO/c1-3-15-14(13-9-5-6-10-13)11-7-8-12-16-4-2/h13-15H,3-12H2,1-2H3. The Labute approximate surface area is 101 Å². The van der Waals surface area contributed by atoms with Crippen molar-refractivity contribution in [1.82, 2.24) is 5.32 Å². The quantitative estimate of drug-likeness (QED) is 0.610. The molecule has 0 radical (unpaired) electrons. The molecule has 1 N–H and O–H groups in total. The van der Waals surface area contributed by atoms with Crippen LogP contribution in [0, 0.1) is 5.92 Å². The maximum Gasteiger partial charge on any atom is 0.0465 e. The van der Waals surface area contributed by atoms with Crippen LogP contribution in [0.15, 0.2) is 0 Å². The topological polar surface area (TPSA) is 21.3 Å². The first kappa shape index (κ1) is 14.0. The molecule has 0 saturated heterocycles. The van der Waals surface area contributed by atoms with Gasteiger partial charge >= 0.3 is 0 Å². The molecule has 1 atom stereocenters. The van der Waals surface area contributed by atoms with Gasteiger partial charge in [0.2, 0.25) is 0 Å². The van der Waals surface area contributed by atoms with E-state index in [1.165, 1.54) is 44.9 Å². The first-order chi connectivity index (χ1) is 7.88. The number of nitrogens with one attached hydrogen (secondary N) is 1. The molecule has 2 heteroatoms. The van der Waals surface area contributed by atoms with Crippen LogP contribution >= 0.6 is 0 Å². The normalized spacial score (nSPS) is 19.1. The summed E-state index contributed by atoms with van der Waals surface area (Å²) in [4.78, 5) is 0. The zero-order valence-electron chi connectivity index (χ0n) is 11.1. The summed E-state index contributed by atoms with van der Waals surface area (Å²) in [5.41, 5.74) is 0. The molecule has 0 aromatic carbocycles. The van der Waals surface area contributed by atoms with Gasteiger partial charge in [0, 0.05) is 19.3 Å². The minimum atomic E-state index is 0.772. The van der Waals surface area contributed by atoms with Gasteiger partial charge in [-0.15, -0.1) is 0 Å². The summed E-state index contributed by atoms with van der Waals surface area (Å²) in [5.74, 6) is 0.951. The summed E-state index contributed by atoms with van der Waals surface area (Å²) in [6.45, 7) is 7.22. The molecule has 96 valence electrons. The number of rotatable bonds is 9. The van der Waals surface area contributed by atoms with Crippen LogP contribution in [0.3, 0.4) is 0 Å². The van der Waals surface area contributed by atoms with E-state index in [0.29, 0.717) is 0 Å². The van der Waals surface area contributed by atoms with Crippen LogP contribution in [-0.4, -0.2) is 25.8 Å². The van der Waals surface area contributed by atoms with E-state index in [-0.39, 0.29) is 0 Å². The molecule has 2 nitrogen and oxygen atoms in total. The highest BCUT2D eigenvalue weighted by atomic mass is 16.5. The molecule has 0 heterocycles. The van der Waals surface area contributed by atoms with Crippen molar-refractivity contribution in [3.05, 3.63) is 0 Å². The maximum absolute atomic E-state index is 5.38. The number of hydrogen-bond donors (Lipinski definition) is 1. The van der Waals surface area contributed by atoms with Crippen molar-refractivity contribution >= 4 is 0 Å². The molecule has 0 aromatic rings. The fourth-order valence-electron chi connectivity index (χ4n) is 2.84. The summed E-state index contributed by atoms with van der Waals surface area (Å²) in [6, 6.07) is 0.772. The van der Waals surface area contributed by atoms with Crippen LogP contribution in [0.1, 0.15) is 58.8 Å². The Morgan fingerprint density at radius 3 is 2.56 bits per heavy atom. The van der Waals surface area contributed by atoms with Gasteiger partial charge in [0.25, 0.3) is 0 Å². The van der Waals surface area contributed by atoms with Crippen molar-refractivity contribution in [3.8, 4) is 0 Å². The molecule has 1 saturated carbocycles. The van der Waals surface area contributed by atoms with Crippen molar-refractivity contribution < 1.29 is 4.74 Å². The van der Waals surface area contributed by atoms with Crippen LogP contribution in [0.2, 0.25) is 0 Å². The Morgan fingerprint density at radius 1 is 1.19 bits per heavy atom. The second kappa shape index (κ2) is 9.00. The van der Waals surface area contributed by atoms with Gasteiger partial charge in [-0.25, -0.2) is 0 Å². The van der Waals surface area contributed by atoms with Crippen LogP contribution in [0.25, 0.3) is 0 Å². The number of hydrogen-bond acceptors (Lipinski definition) is 2. The van der Waals surface area contributed by atoms with Gasteiger partial charge in [-0.05, 0) is 51.5 Å². The number of ether oxygens (including phenoxy) is 1. The van der Waals surface area contributed by atoms with Crippen LogP contribution in [0.4, 0.5) is 0 Å². The average Bonchev–Trinajstić information content (AvgIpc) is 2.81. The smallest absolute Gasteiger partial charge is 0.0465 e. The van der Waals surface area contributed by atoms with E-state index in [9.17, 15) is 0 Å². The molecule has 16 heavy (non-hydrogen) atoms. The van der Waals surface area contributed by atoms with Crippen molar-refractivity contribution in [2.45, 2.75) is 64.8 Å². The lowest BCUT2D eigenvalue weighted by Gasteiger charge is -2.24. The highest BCUT2D eigenvalue weighted by Gasteiger charge is 2.23. The Hall–Kier alpha value is -0.0800. The summed E-state index contributed by atoms with van der Waals surface area (Å²) in [5, 5.41) is 3.67. The van der Waals surface area contributed by atoms with Gasteiger partial charge in [0.15, 0.2) is 0 Å². The Bertz CT molecular complexity index is 155.